The van der Waals surface area contributed by atoms with Crippen molar-refractivity contribution in [2.24, 2.45) is 0 Å². The highest BCUT2D eigenvalue weighted by atomic mass is 35.5. The molecule has 4 rings (SSSR count). The molecule has 0 aromatic heterocycles. The van der Waals surface area contributed by atoms with Gasteiger partial charge in [0.15, 0.2) is 16.6 Å². The number of carbonyl (C=O) groups excluding carboxylic acids is 2. The number of thiocarbonyl (C=S) groups is 1. The van der Waals surface area contributed by atoms with Gasteiger partial charge in [0.1, 0.15) is 6.04 Å². The number of nitrogens with zero attached hydrogens (tertiary/aromatic N) is 2. The maximum absolute atomic E-state index is 13.5. The zero-order valence-corrected chi connectivity index (χ0v) is 20.8. The van der Waals surface area contributed by atoms with Crippen LogP contribution in [0.3, 0.4) is 0 Å². The number of carbonyl (C=O) groups is 2. The Bertz CT molecular complexity index is 1250. The fourth-order valence-electron chi connectivity index (χ4n) is 3.94. The zero-order valence-electron chi connectivity index (χ0n) is 19.2. The zero-order chi connectivity index (χ0) is 24.9. The molecule has 1 aliphatic rings. The highest BCUT2D eigenvalue weighted by Crippen LogP contribution is 2.32. The molecule has 0 saturated carbocycles. The molecule has 35 heavy (non-hydrogen) atoms. The van der Waals surface area contributed by atoms with Crippen molar-refractivity contribution < 1.29 is 19.1 Å². The first-order valence-corrected chi connectivity index (χ1v) is 11.7. The number of hydrogen-bond donors (Lipinski definition) is 1. The molecule has 0 bridgehead atoms. The van der Waals surface area contributed by atoms with E-state index < -0.39 is 6.04 Å². The van der Waals surface area contributed by atoms with E-state index in [2.05, 4.69) is 5.32 Å². The first kappa shape index (κ1) is 24.5. The Kier molecular flexibility index (Phi) is 7.53. The maximum Gasteiger partial charge on any atom is 0.256 e. The highest BCUT2D eigenvalue weighted by molar-refractivity contribution is 7.80. The third-order valence-electron chi connectivity index (χ3n) is 5.66. The summed E-state index contributed by atoms with van der Waals surface area (Å²) in [6.45, 7) is 0.304. The second-order valence-corrected chi connectivity index (χ2v) is 8.63. The van der Waals surface area contributed by atoms with Gasteiger partial charge in [-0.25, -0.2) is 0 Å². The number of ether oxygens (including phenoxy) is 2. The van der Waals surface area contributed by atoms with E-state index in [1.54, 1.807) is 49.5 Å². The van der Waals surface area contributed by atoms with Gasteiger partial charge < -0.3 is 19.7 Å². The number of hydrogen-bond acceptors (Lipinski definition) is 5. The molecule has 3 aromatic carbocycles. The van der Waals surface area contributed by atoms with Gasteiger partial charge >= 0.3 is 0 Å². The van der Waals surface area contributed by atoms with Crippen molar-refractivity contribution in [1.29, 1.82) is 0 Å². The van der Waals surface area contributed by atoms with Crippen LogP contribution in [0, 0.1) is 0 Å². The van der Waals surface area contributed by atoms with Crippen molar-refractivity contribution in [3.63, 3.8) is 0 Å². The largest absolute Gasteiger partial charge is 0.493 e. The van der Waals surface area contributed by atoms with Gasteiger partial charge in [0.2, 0.25) is 5.91 Å². The molecule has 0 radical (unpaired) electrons. The van der Waals surface area contributed by atoms with Crippen molar-refractivity contribution in [3.05, 3.63) is 83.4 Å². The summed E-state index contributed by atoms with van der Waals surface area (Å²) in [7, 11) is 3.13. The van der Waals surface area contributed by atoms with Crippen molar-refractivity contribution in [1.82, 2.24) is 4.90 Å². The van der Waals surface area contributed by atoms with E-state index in [1.165, 1.54) is 4.90 Å². The molecule has 0 spiro atoms. The molecular formula is C26H24ClN3O4S. The number of anilines is 2. The molecule has 1 saturated heterocycles. The lowest BCUT2D eigenvalue weighted by Crippen LogP contribution is -2.37. The third kappa shape index (κ3) is 5.23. The summed E-state index contributed by atoms with van der Waals surface area (Å²) >= 11 is 11.9. The molecule has 1 N–H and O–H groups in total. The van der Waals surface area contributed by atoms with Crippen LogP contribution in [-0.4, -0.2) is 42.1 Å². The molecular weight excluding hydrogens is 486 g/mol. The van der Waals surface area contributed by atoms with E-state index >= 15 is 0 Å². The second-order valence-electron chi connectivity index (χ2n) is 7.86. The molecule has 1 fully saturated rings. The van der Waals surface area contributed by atoms with Gasteiger partial charge in [0, 0.05) is 6.54 Å². The molecule has 1 heterocycles. The Hall–Kier alpha value is -3.62. The monoisotopic (exact) mass is 509 g/mol. The van der Waals surface area contributed by atoms with Crippen molar-refractivity contribution in [2.45, 2.75) is 19.0 Å². The van der Waals surface area contributed by atoms with E-state index in [1.807, 2.05) is 42.5 Å². The summed E-state index contributed by atoms with van der Waals surface area (Å²) < 4.78 is 10.7. The van der Waals surface area contributed by atoms with Crippen LogP contribution in [0.15, 0.2) is 72.8 Å². The minimum Gasteiger partial charge on any atom is -0.493 e. The van der Waals surface area contributed by atoms with E-state index in [0.29, 0.717) is 39.6 Å². The topological polar surface area (TPSA) is 71.1 Å². The summed E-state index contributed by atoms with van der Waals surface area (Å²) in [5.74, 6) is 0.551. The van der Waals surface area contributed by atoms with Gasteiger partial charge in [-0.1, -0.05) is 48.0 Å². The summed E-state index contributed by atoms with van der Waals surface area (Å²) in [4.78, 5) is 29.7. The van der Waals surface area contributed by atoms with E-state index in [4.69, 9.17) is 33.3 Å². The van der Waals surface area contributed by atoms with Gasteiger partial charge in [-0.3, -0.25) is 14.5 Å². The predicted molar refractivity (Wildman–Crippen MR) is 140 cm³/mol. The normalized spacial score (nSPS) is 15.3. The van der Waals surface area contributed by atoms with Crippen LogP contribution in [0.4, 0.5) is 11.4 Å². The first-order valence-electron chi connectivity index (χ1n) is 10.9. The Morgan fingerprint density at radius 1 is 1.00 bits per heavy atom. The van der Waals surface area contributed by atoms with Crippen LogP contribution in [0.1, 0.15) is 12.0 Å². The number of para-hydroxylation sites is 2. The average molecular weight is 510 g/mol. The van der Waals surface area contributed by atoms with Gasteiger partial charge in [-0.2, -0.15) is 0 Å². The molecule has 0 aliphatic carbocycles. The van der Waals surface area contributed by atoms with Crippen LogP contribution in [-0.2, 0) is 16.1 Å². The third-order valence-corrected chi connectivity index (χ3v) is 6.41. The molecule has 180 valence electrons. The minimum atomic E-state index is -0.793. The summed E-state index contributed by atoms with van der Waals surface area (Å²) in [5.41, 5.74) is 1.98. The number of methoxy groups -OCH3 is 2. The van der Waals surface area contributed by atoms with Crippen LogP contribution in [0.5, 0.6) is 11.5 Å². The predicted octanol–water partition coefficient (Wildman–Crippen LogP) is 4.89. The van der Waals surface area contributed by atoms with E-state index in [0.717, 1.165) is 5.56 Å². The number of nitrogens with one attached hydrogen (secondary N) is 1. The van der Waals surface area contributed by atoms with E-state index in [9.17, 15) is 9.59 Å². The number of amides is 2. The fraction of sp³-hybridized carbons (Fsp3) is 0.192. The van der Waals surface area contributed by atoms with Gasteiger partial charge in [0.05, 0.1) is 37.0 Å². The summed E-state index contributed by atoms with van der Waals surface area (Å²) in [5, 5.41) is 3.54. The molecule has 0 unspecified atom stereocenters. The van der Waals surface area contributed by atoms with Gasteiger partial charge in [0.25, 0.3) is 5.91 Å². The van der Waals surface area contributed by atoms with Crippen molar-refractivity contribution >= 4 is 52.1 Å². The number of rotatable bonds is 8. The Morgan fingerprint density at radius 3 is 2.37 bits per heavy atom. The first-order chi connectivity index (χ1) is 16.9. The average Bonchev–Trinajstić information content (AvgIpc) is 3.09. The maximum atomic E-state index is 13.5. The lowest BCUT2D eigenvalue weighted by Gasteiger charge is -2.24. The minimum absolute atomic E-state index is 0.0964. The lowest BCUT2D eigenvalue weighted by molar-refractivity contribution is -0.124. The molecule has 9 heteroatoms. The SMILES string of the molecule is COc1ccc(CN2C(=S)N(c3ccccc3)C(=O)[C@H]2CC(=O)Nc2ccccc2Cl)cc1OC. The van der Waals surface area contributed by atoms with Gasteiger partial charge in [-0.05, 0) is 54.2 Å². The second kappa shape index (κ2) is 10.8. The lowest BCUT2D eigenvalue weighted by atomic mass is 10.1. The van der Waals surface area contributed by atoms with E-state index in [-0.39, 0.29) is 18.2 Å². The molecule has 2 amide bonds. The Balaban J connectivity index is 1.63. The smallest absolute Gasteiger partial charge is 0.256 e. The van der Waals surface area contributed by atoms with Crippen molar-refractivity contribution in [2.75, 3.05) is 24.4 Å². The summed E-state index contributed by atoms with van der Waals surface area (Å²) in [6.07, 6.45) is -0.0964. The number of benzene rings is 3. The van der Waals surface area contributed by atoms with Gasteiger partial charge in [-0.15, -0.1) is 0 Å². The standard InChI is InChI=1S/C26H24ClN3O4S/c1-33-22-13-12-17(14-23(22)34-2)16-29-21(15-24(31)28-20-11-7-6-10-19(20)27)25(32)30(26(29)35)18-8-4-3-5-9-18/h3-14,21H,15-16H2,1-2H3,(H,28,31)/t21-/m1/s1. The van der Waals surface area contributed by atoms with Crippen molar-refractivity contribution in [3.8, 4) is 11.5 Å². The van der Waals surface area contributed by atoms with Crippen LogP contribution >= 0.6 is 23.8 Å². The molecule has 1 aliphatic heterocycles. The summed E-state index contributed by atoms with van der Waals surface area (Å²) in [6, 6.07) is 20.8. The highest BCUT2D eigenvalue weighted by Gasteiger charge is 2.44. The number of halogens is 1. The Labute approximate surface area is 214 Å². The molecule has 1 atom stereocenters. The quantitative estimate of drug-likeness (QED) is 0.436. The van der Waals surface area contributed by atoms with Crippen LogP contribution in [0.25, 0.3) is 0 Å². The fourth-order valence-corrected chi connectivity index (χ4v) is 4.51. The Morgan fingerprint density at radius 2 is 1.69 bits per heavy atom. The van der Waals surface area contributed by atoms with Crippen LogP contribution < -0.4 is 19.7 Å². The molecule has 3 aromatic rings. The van der Waals surface area contributed by atoms with Crippen LogP contribution in [0.2, 0.25) is 5.02 Å². The molecule has 7 nitrogen and oxygen atoms in total.